The fraction of sp³-hybridized carbons (Fsp3) is 0.833. The van der Waals surface area contributed by atoms with Crippen LogP contribution in [0.5, 0.6) is 0 Å². The standard InChI is InChI=1S/C12H22O4S/c1-3-5-6-9(4-2)8-16-12(15)10(17)7-11(13)14/h9-10,17H,3-8H2,1-2H3,(H,13,14). The van der Waals surface area contributed by atoms with E-state index < -0.39 is 17.2 Å². The van der Waals surface area contributed by atoms with Crippen molar-refractivity contribution in [3.8, 4) is 0 Å². The Bertz CT molecular complexity index is 243. The molecule has 0 aliphatic rings. The van der Waals surface area contributed by atoms with Gasteiger partial charge in [-0.2, -0.15) is 12.6 Å². The lowest BCUT2D eigenvalue weighted by Crippen LogP contribution is -2.23. The zero-order valence-electron chi connectivity index (χ0n) is 10.5. The monoisotopic (exact) mass is 262 g/mol. The molecule has 0 amide bonds. The molecule has 0 spiro atoms. The zero-order chi connectivity index (χ0) is 13.3. The Morgan fingerprint density at radius 3 is 2.47 bits per heavy atom. The fourth-order valence-corrected chi connectivity index (χ4v) is 1.67. The average Bonchev–Trinajstić information content (AvgIpc) is 2.28. The van der Waals surface area contributed by atoms with Crippen LogP contribution in [0.3, 0.4) is 0 Å². The Morgan fingerprint density at radius 2 is 2.00 bits per heavy atom. The van der Waals surface area contributed by atoms with E-state index in [0.29, 0.717) is 12.5 Å². The maximum Gasteiger partial charge on any atom is 0.319 e. The van der Waals surface area contributed by atoms with Gasteiger partial charge in [-0.15, -0.1) is 0 Å². The van der Waals surface area contributed by atoms with Gasteiger partial charge in [-0.25, -0.2) is 0 Å². The van der Waals surface area contributed by atoms with Gasteiger partial charge in [0.2, 0.25) is 0 Å². The summed E-state index contributed by atoms with van der Waals surface area (Å²) in [5.41, 5.74) is 0. The number of esters is 1. The summed E-state index contributed by atoms with van der Waals surface area (Å²) < 4.78 is 5.08. The van der Waals surface area contributed by atoms with Gasteiger partial charge in [0.05, 0.1) is 13.0 Å². The molecule has 0 aromatic heterocycles. The molecule has 0 aromatic rings. The third kappa shape index (κ3) is 8.07. The van der Waals surface area contributed by atoms with Gasteiger partial charge < -0.3 is 9.84 Å². The summed E-state index contributed by atoms with van der Waals surface area (Å²) in [6, 6.07) is 0. The van der Waals surface area contributed by atoms with Crippen molar-refractivity contribution in [3.05, 3.63) is 0 Å². The average molecular weight is 262 g/mol. The van der Waals surface area contributed by atoms with Gasteiger partial charge in [0.25, 0.3) is 0 Å². The number of ether oxygens (including phenoxy) is 1. The van der Waals surface area contributed by atoms with E-state index in [4.69, 9.17) is 9.84 Å². The second-order valence-corrected chi connectivity index (χ2v) is 4.78. The number of rotatable bonds is 9. The highest BCUT2D eigenvalue weighted by Gasteiger charge is 2.20. The third-order valence-corrected chi connectivity index (χ3v) is 3.04. The lowest BCUT2D eigenvalue weighted by molar-refractivity contribution is -0.148. The third-order valence-electron chi connectivity index (χ3n) is 2.64. The molecule has 0 bridgehead atoms. The van der Waals surface area contributed by atoms with Gasteiger partial charge >= 0.3 is 11.9 Å². The molecule has 0 radical (unpaired) electrons. The molecular formula is C12H22O4S. The number of thiol groups is 1. The smallest absolute Gasteiger partial charge is 0.319 e. The highest BCUT2D eigenvalue weighted by Crippen LogP contribution is 2.14. The number of aliphatic carboxylic acids is 1. The summed E-state index contributed by atoms with van der Waals surface area (Å²) in [4.78, 5) is 21.8. The van der Waals surface area contributed by atoms with Gasteiger partial charge in [-0.05, 0) is 12.3 Å². The maximum absolute atomic E-state index is 11.4. The largest absolute Gasteiger partial charge is 0.481 e. The summed E-state index contributed by atoms with van der Waals surface area (Å²) >= 11 is 3.91. The van der Waals surface area contributed by atoms with Crippen LogP contribution in [0.4, 0.5) is 0 Å². The van der Waals surface area contributed by atoms with Crippen molar-refractivity contribution < 1.29 is 19.4 Å². The van der Waals surface area contributed by atoms with E-state index in [1.54, 1.807) is 0 Å². The first kappa shape index (κ1) is 16.3. The van der Waals surface area contributed by atoms with Crippen molar-refractivity contribution in [1.82, 2.24) is 0 Å². The molecule has 0 saturated carbocycles. The molecule has 0 aromatic carbocycles. The molecule has 17 heavy (non-hydrogen) atoms. The Balaban J connectivity index is 3.90. The van der Waals surface area contributed by atoms with Gasteiger partial charge in [-0.1, -0.05) is 33.1 Å². The Morgan fingerprint density at radius 1 is 1.35 bits per heavy atom. The Hall–Kier alpha value is -0.710. The minimum absolute atomic E-state index is 0.298. The lowest BCUT2D eigenvalue weighted by Gasteiger charge is -2.16. The first-order valence-electron chi connectivity index (χ1n) is 6.07. The van der Waals surface area contributed by atoms with Crippen LogP contribution in [0.2, 0.25) is 0 Å². The van der Waals surface area contributed by atoms with E-state index >= 15 is 0 Å². The van der Waals surface area contributed by atoms with Crippen molar-refractivity contribution in [3.63, 3.8) is 0 Å². The molecule has 4 nitrogen and oxygen atoms in total. The predicted octanol–water partition coefficient (Wildman–Crippen LogP) is 2.52. The van der Waals surface area contributed by atoms with Crippen LogP contribution < -0.4 is 0 Å². The first-order chi connectivity index (χ1) is 8.01. The highest BCUT2D eigenvalue weighted by atomic mass is 32.1. The molecule has 0 heterocycles. The first-order valence-corrected chi connectivity index (χ1v) is 6.59. The second kappa shape index (κ2) is 9.33. The van der Waals surface area contributed by atoms with Crippen LogP contribution in [0.15, 0.2) is 0 Å². The summed E-state index contributed by atoms with van der Waals surface area (Å²) in [5.74, 6) is -1.21. The Kier molecular flexibility index (Phi) is 8.94. The minimum atomic E-state index is -1.04. The topological polar surface area (TPSA) is 63.6 Å². The van der Waals surface area contributed by atoms with E-state index in [2.05, 4.69) is 26.5 Å². The summed E-state index contributed by atoms with van der Waals surface area (Å²) in [7, 11) is 0. The van der Waals surface area contributed by atoms with Crippen molar-refractivity contribution in [2.45, 2.75) is 51.2 Å². The van der Waals surface area contributed by atoms with Gasteiger partial charge in [0, 0.05) is 0 Å². The van der Waals surface area contributed by atoms with Crippen LogP contribution in [-0.4, -0.2) is 28.9 Å². The number of carbonyl (C=O) groups is 2. The molecule has 1 N–H and O–H groups in total. The Labute approximate surface area is 108 Å². The molecule has 0 aliphatic carbocycles. The van der Waals surface area contributed by atoms with E-state index in [1.165, 1.54) is 0 Å². The van der Waals surface area contributed by atoms with E-state index in [1.807, 2.05) is 0 Å². The molecule has 0 fully saturated rings. The molecule has 2 atom stereocenters. The van der Waals surface area contributed by atoms with E-state index in [-0.39, 0.29) is 6.42 Å². The van der Waals surface area contributed by atoms with Crippen LogP contribution in [0, 0.1) is 5.92 Å². The molecule has 2 unspecified atom stereocenters. The van der Waals surface area contributed by atoms with Gasteiger partial charge in [0.15, 0.2) is 0 Å². The predicted molar refractivity (Wildman–Crippen MR) is 69.3 cm³/mol. The number of carbonyl (C=O) groups excluding carboxylic acids is 1. The van der Waals surface area contributed by atoms with Crippen LogP contribution in [0.1, 0.15) is 46.0 Å². The fourth-order valence-electron chi connectivity index (χ4n) is 1.44. The summed E-state index contributed by atoms with van der Waals surface area (Å²) in [6.07, 6.45) is 3.95. The van der Waals surface area contributed by atoms with Crippen LogP contribution in [-0.2, 0) is 14.3 Å². The van der Waals surface area contributed by atoms with Crippen molar-refractivity contribution in [2.24, 2.45) is 5.92 Å². The van der Waals surface area contributed by atoms with Crippen molar-refractivity contribution in [1.29, 1.82) is 0 Å². The number of unbranched alkanes of at least 4 members (excludes halogenated alkanes) is 1. The summed E-state index contributed by atoms with van der Waals surface area (Å²) in [6.45, 7) is 4.55. The molecular weight excluding hydrogens is 240 g/mol. The van der Waals surface area contributed by atoms with Crippen molar-refractivity contribution >= 4 is 24.6 Å². The van der Waals surface area contributed by atoms with Crippen molar-refractivity contribution in [2.75, 3.05) is 6.61 Å². The zero-order valence-corrected chi connectivity index (χ0v) is 11.4. The lowest BCUT2D eigenvalue weighted by atomic mass is 10.0. The molecule has 0 aliphatic heterocycles. The normalized spacial score (nSPS) is 14.1. The number of carboxylic acids is 1. The van der Waals surface area contributed by atoms with Crippen LogP contribution in [0.25, 0.3) is 0 Å². The van der Waals surface area contributed by atoms with Gasteiger partial charge in [0.1, 0.15) is 5.25 Å². The molecule has 5 heteroatoms. The second-order valence-electron chi connectivity index (χ2n) is 4.16. The highest BCUT2D eigenvalue weighted by molar-refractivity contribution is 7.81. The minimum Gasteiger partial charge on any atom is -0.481 e. The SMILES string of the molecule is CCCCC(CC)COC(=O)C(S)CC(=O)O. The molecule has 0 saturated heterocycles. The molecule has 100 valence electrons. The number of carboxylic acid groups (broad SMARTS) is 1. The summed E-state index contributed by atoms with van der Waals surface area (Å²) in [5, 5.41) is 7.65. The quantitative estimate of drug-likeness (QED) is 0.495. The van der Waals surface area contributed by atoms with E-state index in [9.17, 15) is 9.59 Å². The number of hydrogen-bond acceptors (Lipinski definition) is 4. The van der Waals surface area contributed by atoms with E-state index in [0.717, 1.165) is 25.7 Å². The number of hydrogen-bond donors (Lipinski definition) is 2. The van der Waals surface area contributed by atoms with Gasteiger partial charge in [-0.3, -0.25) is 9.59 Å². The molecule has 0 rings (SSSR count). The van der Waals surface area contributed by atoms with Crippen LogP contribution >= 0.6 is 12.6 Å². The maximum atomic E-state index is 11.4.